The molecule has 0 spiro atoms. The lowest BCUT2D eigenvalue weighted by Crippen LogP contribution is -2.52. The molecular formula is C13H22N2. The Morgan fingerprint density at radius 3 is 2.33 bits per heavy atom. The van der Waals surface area contributed by atoms with Gasteiger partial charge in [0.05, 0.1) is 0 Å². The first-order chi connectivity index (χ1) is 7.06. The van der Waals surface area contributed by atoms with Crippen LogP contribution in [0.3, 0.4) is 0 Å². The van der Waals surface area contributed by atoms with E-state index in [-0.39, 0.29) is 5.54 Å². The van der Waals surface area contributed by atoms with Gasteiger partial charge in [0, 0.05) is 18.1 Å². The fourth-order valence-electron chi connectivity index (χ4n) is 1.34. The SMILES string of the molecule is CNC(C)(C)C(C)NCc1ccccc1. The van der Waals surface area contributed by atoms with Crippen LogP contribution in [0.4, 0.5) is 0 Å². The zero-order valence-electron chi connectivity index (χ0n) is 10.2. The van der Waals surface area contributed by atoms with Crippen LogP contribution in [0.1, 0.15) is 26.3 Å². The largest absolute Gasteiger partial charge is 0.313 e. The zero-order valence-corrected chi connectivity index (χ0v) is 10.2. The van der Waals surface area contributed by atoms with E-state index in [1.54, 1.807) is 0 Å². The monoisotopic (exact) mass is 206 g/mol. The normalized spacial score (nSPS) is 13.9. The van der Waals surface area contributed by atoms with Crippen LogP contribution in [0.2, 0.25) is 0 Å². The second kappa shape index (κ2) is 5.29. The van der Waals surface area contributed by atoms with Crippen molar-refractivity contribution in [3.63, 3.8) is 0 Å². The van der Waals surface area contributed by atoms with Crippen LogP contribution >= 0.6 is 0 Å². The van der Waals surface area contributed by atoms with Crippen LogP contribution in [0.5, 0.6) is 0 Å². The topological polar surface area (TPSA) is 24.1 Å². The number of likely N-dealkylation sites (N-methyl/N-ethyl adjacent to an activating group) is 1. The van der Waals surface area contributed by atoms with Gasteiger partial charge in [-0.15, -0.1) is 0 Å². The van der Waals surface area contributed by atoms with Crippen molar-refractivity contribution in [3.05, 3.63) is 35.9 Å². The van der Waals surface area contributed by atoms with Gasteiger partial charge in [0.1, 0.15) is 0 Å². The van der Waals surface area contributed by atoms with Gasteiger partial charge in [0.15, 0.2) is 0 Å². The van der Waals surface area contributed by atoms with Crippen LogP contribution in [0.15, 0.2) is 30.3 Å². The Kier molecular flexibility index (Phi) is 4.30. The first-order valence-electron chi connectivity index (χ1n) is 5.52. The average molecular weight is 206 g/mol. The molecular weight excluding hydrogens is 184 g/mol. The molecule has 0 amide bonds. The number of benzene rings is 1. The van der Waals surface area contributed by atoms with E-state index in [1.165, 1.54) is 5.56 Å². The van der Waals surface area contributed by atoms with Gasteiger partial charge in [-0.3, -0.25) is 0 Å². The van der Waals surface area contributed by atoms with Crippen LogP contribution in [-0.2, 0) is 6.54 Å². The molecule has 0 fully saturated rings. The van der Waals surface area contributed by atoms with E-state index in [0.29, 0.717) is 6.04 Å². The number of hydrogen-bond donors (Lipinski definition) is 2. The van der Waals surface area contributed by atoms with Gasteiger partial charge in [-0.25, -0.2) is 0 Å². The van der Waals surface area contributed by atoms with E-state index < -0.39 is 0 Å². The van der Waals surface area contributed by atoms with Gasteiger partial charge in [-0.2, -0.15) is 0 Å². The molecule has 0 heterocycles. The molecule has 0 bridgehead atoms. The molecule has 1 aromatic carbocycles. The van der Waals surface area contributed by atoms with Crippen LogP contribution < -0.4 is 10.6 Å². The van der Waals surface area contributed by atoms with Gasteiger partial charge >= 0.3 is 0 Å². The summed E-state index contributed by atoms with van der Waals surface area (Å²) in [6.07, 6.45) is 0. The average Bonchev–Trinajstić information content (AvgIpc) is 2.27. The van der Waals surface area contributed by atoms with Gasteiger partial charge in [0.25, 0.3) is 0 Å². The second-order valence-corrected chi connectivity index (χ2v) is 4.56. The minimum Gasteiger partial charge on any atom is -0.313 e. The predicted octanol–water partition coefficient (Wildman–Crippen LogP) is 2.16. The second-order valence-electron chi connectivity index (χ2n) is 4.56. The Morgan fingerprint density at radius 1 is 1.20 bits per heavy atom. The molecule has 0 radical (unpaired) electrons. The molecule has 1 unspecified atom stereocenters. The molecule has 0 aliphatic heterocycles. The van der Waals surface area contributed by atoms with Crippen LogP contribution in [-0.4, -0.2) is 18.6 Å². The van der Waals surface area contributed by atoms with Gasteiger partial charge in [-0.1, -0.05) is 30.3 Å². The molecule has 84 valence electrons. The summed E-state index contributed by atoms with van der Waals surface area (Å²) in [7, 11) is 2.00. The summed E-state index contributed by atoms with van der Waals surface area (Å²) < 4.78 is 0. The molecule has 1 aromatic rings. The minimum absolute atomic E-state index is 0.120. The first kappa shape index (κ1) is 12.2. The van der Waals surface area contributed by atoms with Crippen molar-refractivity contribution in [2.45, 2.75) is 38.9 Å². The maximum absolute atomic E-state index is 3.53. The van der Waals surface area contributed by atoms with Crippen molar-refractivity contribution < 1.29 is 0 Å². The molecule has 0 aliphatic rings. The van der Waals surface area contributed by atoms with Crippen molar-refractivity contribution in [1.29, 1.82) is 0 Å². The van der Waals surface area contributed by atoms with Gasteiger partial charge in [0.2, 0.25) is 0 Å². The van der Waals surface area contributed by atoms with E-state index >= 15 is 0 Å². The maximum Gasteiger partial charge on any atom is 0.0273 e. The quantitative estimate of drug-likeness (QED) is 0.771. The minimum atomic E-state index is 0.120. The van der Waals surface area contributed by atoms with Crippen molar-refractivity contribution >= 4 is 0 Å². The summed E-state index contributed by atoms with van der Waals surface area (Å²) in [6, 6.07) is 10.9. The summed E-state index contributed by atoms with van der Waals surface area (Å²) in [5, 5.41) is 6.84. The van der Waals surface area contributed by atoms with E-state index in [9.17, 15) is 0 Å². The molecule has 0 aromatic heterocycles. The fraction of sp³-hybridized carbons (Fsp3) is 0.538. The Bertz CT molecular complexity index is 280. The highest BCUT2D eigenvalue weighted by molar-refractivity contribution is 5.14. The summed E-state index contributed by atoms with van der Waals surface area (Å²) in [4.78, 5) is 0. The fourth-order valence-corrected chi connectivity index (χ4v) is 1.34. The van der Waals surface area contributed by atoms with E-state index in [0.717, 1.165) is 6.54 Å². The number of rotatable bonds is 5. The molecule has 0 saturated carbocycles. The van der Waals surface area contributed by atoms with E-state index in [4.69, 9.17) is 0 Å². The highest BCUT2D eigenvalue weighted by Crippen LogP contribution is 2.08. The first-order valence-corrected chi connectivity index (χ1v) is 5.52. The summed E-state index contributed by atoms with van der Waals surface area (Å²) in [5.74, 6) is 0. The summed E-state index contributed by atoms with van der Waals surface area (Å²) in [5.41, 5.74) is 1.45. The molecule has 1 rings (SSSR count). The smallest absolute Gasteiger partial charge is 0.0273 e. The lowest BCUT2D eigenvalue weighted by atomic mass is 9.96. The molecule has 0 aliphatic carbocycles. The third kappa shape index (κ3) is 3.65. The standard InChI is InChI=1S/C13H22N2/c1-11(13(2,3)14-4)15-10-12-8-6-5-7-9-12/h5-9,11,14-15H,10H2,1-4H3. The Morgan fingerprint density at radius 2 is 1.80 bits per heavy atom. The van der Waals surface area contributed by atoms with Crippen LogP contribution in [0, 0.1) is 0 Å². The van der Waals surface area contributed by atoms with Crippen LogP contribution in [0.25, 0.3) is 0 Å². The molecule has 1 atom stereocenters. The predicted molar refractivity (Wildman–Crippen MR) is 65.9 cm³/mol. The lowest BCUT2D eigenvalue weighted by molar-refractivity contribution is 0.308. The van der Waals surface area contributed by atoms with Gasteiger partial charge < -0.3 is 10.6 Å². The van der Waals surface area contributed by atoms with Crippen molar-refractivity contribution in [1.82, 2.24) is 10.6 Å². The molecule has 0 saturated heterocycles. The Hall–Kier alpha value is -0.860. The van der Waals surface area contributed by atoms with E-state index in [2.05, 4.69) is 55.7 Å². The Balaban J connectivity index is 2.44. The third-order valence-corrected chi connectivity index (χ3v) is 3.18. The summed E-state index contributed by atoms with van der Waals surface area (Å²) >= 11 is 0. The summed E-state index contributed by atoms with van der Waals surface area (Å²) in [6.45, 7) is 7.54. The lowest BCUT2D eigenvalue weighted by Gasteiger charge is -2.32. The van der Waals surface area contributed by atoms with Crippen molar-refractivity contribution in [2.24, 2.45) is 0 Å². The maximum atomic E-state index is 3.53. The van der Waals surface area contributed by atoms with Gasteiger partial charge in [-0.05, 0) is 33.4 Å². The highest BCUT2D eigenvalue weighted by Gasteiger charge is 2.22. The third-order valence-electron chi connectivity index (χ3n) is 3.18. The Labute approximate surface area is 93.1 Å². The molecule has 15 heavy (non-hydrogen) atoms. The molecule has 2 nitrogen and oxygen atoms in total. The zero-order chi connectivity index (χ0) is 11.3. The van der Waals surface area contributed by atoms with E-state index in [1.807, 2.05) is 13.1 Å². The number of hydrogen-bond acceptors (Lipinski definition) is 2. The van der Waals surface area contributed by atoms with Crippen molar-refractivity contribution in [3.8, 4) is 0 Å². The molecule has 2 heteroatoms. The molecule has 2 N–H and O–H groups in total. The highest BCUT2D eigenvalue weighted by atomic mass is 15.0. The number of nitrogens with one attached hydrogen (secondary N) is 2. The van der Waals surface area contributed by atoms with Crippen molar-refractivity contribution in [2.75, 3.05) is 7.05 Å².